The quantitative estimate of drug-likeness (QED) is 0.228. The first-order valence-electron chi connectivity index (χ1n) is 10.6. The predicted octanol–water partition coefficient (Wildman–Crippen LogP) is 8.23. The van der Waals surface area contributed by atoms with Crippen LogP contribution >= 0.6 is 0 Å². The van der Waals surface area contributed by atoms with Crippen molar-refractivity contribution in [1.82, 2.24) is 0 Å². The summed E-state index contributed by atoms with van der Waals surface area (Å²) in [6.45, 7) is 6.87. The normalized spacial score (nSPS) is 13.8. The molecule has 0 aromatic heterocycles. The van der Waals surface area contributed by atoms with Gasteiger partial charge in [0.1, 0.15) is 0 Å². The van der Waals surface area contributed by atoms with Crippen LogP contribution in [-0.4, -0.2) is 0 Å². The molecule has 150 valence electrons. The molecule has 0 heterocycles. The Morgan fingerprint density at radius 3 is 1.96 bits per heavy atom. The van der Waals surface area contributed by atoms with Crippen molar-refractivity contribution in [3.8, 4) is 0 Å². The van der Waals surface area contributed by atoms with Crippen molar-refractivity contribution in [3.05, 3.63) is 35.1 Å². The van der Waals surface area contributed by atoms with Crippen molar-refractivity contribution in [2.45, 2.75) is 97.8 Å². The van der Waals surface area contributed by atoms with Crippen molar-refractivity contribution in [2.75, 3.05) is 0 Å². The second-order valence-corrected chi connectivity index (χ2v) is 7.95. The van der Waals surface area contributed by atoms with E-state index < -0.39 is 17.5 Å². The standard InChI is InChI=1S/C23H37F3/c1-4-10-18(3)12-9-15-19(11-5-2)13-7-6-8-14-20-16-21(24)23(26)22(25)17-20/h16-19H,4-15H2,1-3H3. The van der Waals surface area contributed by atoms with Gasteiger partial charge in [0.2, 0.25) is 0 Å². The van der Waals surface area contributed by atoms with Gasteiger partial charge in [-0.15, -0.1) is 0 Å². The minimum absolute atomic E-state index is 0.552. The second-order valence-electron chi connectivity index (χ2n) is 7.95. The molecule has 0 aliphatic heterocycles. The number of hydrogen-bond acceptors (Lipinski definition) is 0. The van der Waals surface area contributed by atoms with Crippen LogP contribution in [0.1, 0.15) is 97.0 Å². The van der Waals surface area contributed by atoms with Crippen LogP contribution < -0.4 is 0 Å². The summed E-state index contributed by atoms with van der Waals surface area (Å²) in [4.78, 5) is 0. The van der Waals surface area contributed by atoms with Gasteiger partial charge in [-0.25, -0.2) is 13.2 Å². The van der Waals surface area contributed by atoms with Gasteiger partial charge in [-0.1, -0.05) is 85.0 Å². The molecule has 0 nitrogen and oxygen atoms in total. The molecule has 1 rings (SSSR count). The minimum Gasteiger partial charge on any atom is -0.204 e. The molecule has 0 spiro atoms. The minimum atomic E-state index is -1.37. The van der Waals surface area contributed by atoms with Gasteiger partial charge in [-0.2, -0.15) is 0 Å². The Morgan fingerprint density at radius 1 is 0.731 bits per heavy atom. The first-order valence-corrected chi connectivity index (χ1v) is 10.6. The lowest BCUT2D eigenvalue weighted by molar-refractivity contribution is 0.360. The summed E-state index contributed by atoms with van der Waals surface area (Å²) in [5.74, 6) is -1.88. The van der Waals surface area contributed by atoms with E-state index in [9.17, 15) is 13.2 Å². The Bertz CT molecular complexity index is 475. The van der Waals surface area contributed by atoms with E-state index in [0.29, 0.717) is 12.0 Å². The molecule has 1 aromatic rings. The van der Waals surface area contributed by atoms with Crippen molar-refractivity contribution in [2.24, 2.45) is 11.8 Å². The molecule has 3 heteroatoms. The molecule has 26 heavy (non-hydrogen) atoms. The highest BCUT2D eigenvalue weighted by Crippen LogP contribution is 2.24. The molecule has 0 saturated heterocycles. The Kier molecular flexibility index (Phi) is 11.7. The van der Waals surface area contributed by atoms with Crippen molar-refractivity contribution < 1.29 is 13.2 Å². The highest BCUT2D eigenvalue weighted by Gasteiger charge is 2.11. The third kappa shape index (κ3) is 9.09. The summed E-state index contributed by atoms with van der Waals surface area (Å²) in [6, 6.07) is 2.24. The number of benzene rings is 1. The molecule has 2 unspecified atom stereocenters. The summed E-state index contributed by atoms with van der Waals surface area (Å²) in [5, 5.41) is 0. The number of hydrogen-bond donors (Lipinski definition) is 0. The molecule has 0 fully saturated rings. The molecule has 0 bridgehead atoms. The smallest absolute Gasteiger partial charge is 0.194 e. The maximum Gasteiger partial charge on any atom is 0.194 e. The number of rotatable bonds is 14. The maximum atomic E-state index is 13.2. The van der Waals surface area contributed by atoms with Crippen LogP contribution in [0.3, 0.4) is 0 Å². The van der Waals surface area contributed by atoms with Gasteiger partial charge in [0.25, 0.3) is 0 Å². The van der Waals surface area contributed by atoms with Crippen LogP contribution in [0.5, 0.6) is 0 Å². The third-order valence-corrected chi connectivity index (χ3v) is 5.41. The van der Waals surface area contributed by atoms with Gasteiger partial charge in [0.15, 0.2) is 17.5 Å². The molecule has 0 N–H and O–H groups in total. The Labute approximate surface area is 158 Å². The van der Waals surface area contributed by atoms with Crippen molar-refractivity contribution >= 4 is 0 Å². The predicted molar refractivity (Wildman–Crippen MR) is 105 cm³/mol. The van der Waals surface area contributed by atoms with Gasteiger partial charge in [-0.3, -0.25) is 0 Å². The lowest BCUT2D eigenvalue weighted by Gasteiger charge is -2.17. The van der Waals surface area contributed by atoms with Crippen molar-refractivity contribution in [1.29, 1.82) is 0 Å². The van der Waals surface area contributed by atoms with E-state index in [1.54, 1.807) is 0 Å². The van der Waals surface area contributed by atoms with E-state index in [1.165, 1.54) is 57.8 Å². The first-order chi connectivity index (χ1) is 12.5. The fourth-order valence-corrected chi connectivity index (χ4v) is 3.92. The molecule has 1 aromatic carbocycles. The molecular formula is C23H37F3. The van der Waals surface area contributed by atoms with Gasteiger partial charge in [0, 0.05) is 0 Å². The van der Waals surface area contributed by atoms with Gasteiger partial charge >= 0.3 is 0 Å². The average molecular weight is 371 g/mol. The number of halogens is 3. The van der Waals surface area contributed by atoms with Crippen LogP contribution in [0.2, 0.25) is 0 Å². The largest absolute Gasteiger partial charge is 0.204 e. The average Bonchev–Trinajstić information content (AvgIpc) is 2.59. The topological polar surface area (TPSA) is 0 Å². The monoisotopic (exact) mass is 370 g/mol. The van der Waals surface area contributed by atoms with E-state index >= 15 is 0 Å². The fourth-order valence-electron chi connectivity index (χ4n) is 3.92. The summed E-state index contributed by atoms with van der Waals surface area (Å²) >= 11 is 0. The third-order valence-electron chi connectivity index (χ3n) is 5.41. The van der Waals surface area contributed by atoms with Crippen molar-refractivity contribution in [3.63, 3.8) is 0 Å². The van der Waals surface area contributed by atoms with Crippen LogP contribution in [0.15, 0.2) is 12.1 Å². The lowest BCUT2D eigenvalue weighted by atomic mass is 9.89. The molecule has 0 amide bonds. The SMILES string of the molecule is CCCC(C)CCCC(CCC)CCCCCc1cc(F)c(F)c(F)c1. The summed E-state index contributed by atoms with van der Waals surface area (Å²) < 4.78 is 39.4. The first kappa shape index (κ1) is 23.0. The summed E-state index contributed by atoms with van der Waals surface area (Å²) in [6.07, 6.45) is 14.2. The number of aryl methyl sites for hydroxylation is 1. The Morgan fingerprint density at radius 2 is 1.35 bits per heavy atom. The molecule has 0 radical (unpaired) electrons. The second kappa shape index (κ2) is 13.2. The van der Waals surface area contributed by atoms with E-state index in [-0.39, 0.29) is 0 Å². The molecular weight excluding hydrogens is 333 g/mol. The highest BCUT2D eigenvalue weighted by atomic mass is 19.2. The summed E-state index contributed by atoms with van der Waals surface area (Å²) in [5.41, 5.74) is 0.552. The van der Waals surface area contributed by atoms with Gasteiger partial charge in [0.05, 0.1) is 0 Å². The zero-order valence-electron chi connectivity index (χ0n) is 16.9. The number of unbranched alkanes of at least 4 members (excludes halogenated alkanes) is 2. The van der Waals surface area contributed by atoms with Crippen LogP contribution in [0.4, 0.5) is 13.2 Å². The summed E-state index contributed by atoms with van der Waals surface area (Å²) in [7, 11) is 0. The van der Waals surface area contributed by atoms with E-state index in [0.717, 1.165) is 36.8 Å². The molecule has 0 aliphatic rings. The van der Waals surface area contributed by atoms with E-state index in [4.69, 9.17) is 0 Å². The lowest BCUT2D eigenvalue weighted by Crippen LogP contribution is -2.03. The van der Waals surface area contributed by atoms with Gasteiger partial charge in [-0.05, 0) is 42.4 Å². The maximum absolute atomic E-state index is 13.2. The van der Waals surface area contributed by atoms with E-state index in [1.807, 2.05) is 0 Å². The van der Waals surface area contributed by atoms with Gasteiger partial charge < -0.3 is 0 Å². The zero-order valence-corrected chi connectivity index (χ0v) is 16.9. The highest BCUT2D eigenvalue weighted by molar-refractivity contribution is 5.19. The fraction of sp³-hybridized carbons (Fsp3) is 0.739. The van der Waals surface area contributed by atoms with E-state index in [2.05, 4.69) is 20.8 Å². The van der Waals surface area contributed by atoms with Crippen LogP contribution in [0, 0.1) is 29.3 Å². The Hall–Kier alpha value is -0.990. The molecule has 0 saturated carbocycles. The van der Waals surface area contributed by atoms with Crippen LogP contribution in [-0.2, 0) is 6.42 Å². The molecule has 0 aliphatic carbocycles. The molecule has 2 atom stereocenters. The van der Waals surface area contributed by atoms with Crippen LogP contribution in [0.25, 0.3) is 0 Å². The zero-order chi connectivity index (χ0) is 19.4. The Balaban J connectivity index is 2.24.